The van der Waals surface area contributed by atoms with Gasteiger partial charge in [0.1, 0.15) is 17.1 Å². The Morgan fingerprint density at radius 3 is 3.00 bits per heavy atom. The smallest absolute Gasteiger partial charge is 0.341 e. The van der Waals surface area contributed by atoms with Crippen molar-refractivity contribution in [1.82, 2.24) is 10.3 Å². The molecule has 0 aliphatic heterocycles. The fraction of sp³-hybridized carbons (Fsp3) is 0.278. The lowest BCUT2D eigenvalue weighted by atomic mass is 10.1. The number of hydrogen-bond donors (Lipinski definition) is 2. The number of benzene rings is 1. The molecule has 0 aliphatic rings. The fourth-order valence-electron chi connectivity index (χ4n) is 2.72. The first-order valence-corrected chi connectivity index (χ1v) is 7.62. The second-order valence-corrected chi connectivity index (χ2v) is 5.46. The van der Waals surface area contributed by atoms with Crippen molar-refractivity contribution in [3.05, 3.63) is 59.2 Å². The van der Waals surface area contributed by atoms with Gasteiger partial charge in [0.15, 0.2) is 0 Å². The molecule has 5 nitrogen and oxygen atoms in total. The summed E-state index contributed by atoms with van der Waals surface area (Å²) in [5.41, 5.74) is 2.94. The van der Waals surface area contributed by atoms with Crippen molar-refractivity contribution < 1.29 is 13.9 Å². The van der Waals surface area contributed by atoms with Crippen LogP contribution in [0.4, 0.5) is 0 Å². The molecule has 3 aromatic rings. The molecule has 23 heavy (non-hydrogen) atoms. The van der Waals surface area contributed by atoms with Gasteiger partial charge in [0.05, 0.1) is 13.7 Å². The Balaban J connectivity index is 1.55. The van der Waals surface area contributed by atoms with Crippen LogP contribution in [0, 0.1) is 6.92 Å². The van der Waals surface area contributed by atoms with Crippen molar-refractivity contribution in [2.24, 2.45) is 0 Å². The molecule has 1 aromatic carbocycles. The minimum absolute atomic E-state index is 0.365. The van der Waals surface area contributed by atoms with E-state index in [9.17, 15) is 4.79 Å². The number of furan rings is 1. The van der Waals surface area contributed by atoms with Crippen molar-refractivity contribution in [2.45, 2.75) is 19.9 Å². The predicted molar refractivity (Wildman–Crippen MR) is 88.5 cm³/mol. The molecule has 0 spiro atoms. The van der Waals surface area contributed by atoms with Crippen molar-refractivity contribution >= 4 is 16.9 Å². The summed E-state index contributed by atoms with van der Waals surface area (Å²) in [5, 5.41) is 4.60. The molecule has 3 rings (SSSR count). The SMILES string of the molecule is COC(=O)c1cc(CNCCc2c[nH]c3ccccc23)oc1C. The zero-order valence-electron chi connectivity index (χ0n) is 13.3. The molecular formula is C18H20N2O3. The quantitative estimate of drug-likeness (QED) is 0.542. The number of aromatic amines is 1. The van der Waals surface area contributed by atoms with E-state index in [1.165, 1.54) is 18.1 Å². The minimum Gasteiger partial charge on any atom is -0.465 e. The number of nitrogens with one attached hydrogen (secondary N) is 2. The Hall–Kier alpha value is -2.53. The summed E-state index contributed by atoms with van der Waals surface area (Å²) in [5.74, 6) is 0.961. The number of aryl methyl sites for hydroxylation is 1. The number of carbonyl (C=O) groups excluding carboxylic acids is 1. The zero-order valence-corrected chi connectivity index (χ0v) is 13.3. The van der Waals surface area contributed by atoms with E-state index in [0.717, 1.165) is 24.2 Å². The lowest BCUT2D eigenvalue weighted by Crippen LogP contribution is -2.16. The third-order valence-corrected chi connectivity index (χ3v) is 3.92. The average molecular weight is 312 g/mol. The third kappa shape index (κ3) is 3.29. The molecule has 0 saturated heterocycles. The van der Waals surface area contributed by atoms with E-state index in [0.29, 0.717) is 17.9 Å². The van der Waals surface area contributed by atoms with Crippen LogP contribution in [0.25, 0.3) is 10.9 Å². The van der Waals surface area contributed by atoms with E-state index in [4.69, 9.17) is 9.15 Å². The Morgan fingerprint density at radius 1 is 1.35 bits per heavy atom. The molecule has 0 atom stereocenters. The van der Waals surface area contributed by atoms with Gasteiger partial charge in [0.25, 0.3) is 0 Å². The number of hydrogen-bond acceptors (Lipinski definition) is 4. The van der Waals surface area contributed by atoms with Crippen LogP contribution in [0.5, 0.6) is 0 Å². The van der Waals surface area contributed by atoms with E-state index in [1.807, 2.05) is 12.1 Å². The molecule has 0 amide bonds. The van der Waals surface area contributed by atoms with Crippen molar-refractivity contribution in [2.75, 3.05) is 13.7 Å². The number of carbonyl (C=O) groups is 1. The van der Waals surface area contributed by atoms with Crippen LogP contribution in [-0.2, 0) is 17.7 Å². The van der Waals surface area contributed by atoms with Gasteiger partial charge in [-0.3, -0.25) is 0 Å². The number of fused-ring (bicyclic) bond motifs is 1. The second-order valence-electron chi connectivity index (χ2n) is 5.46. The molecule has 5 heteroatoms. The van der Waals surface area contributed by atoms with Gasteiger partial charge in [-0.2, -0.15) is 0 Å². The van der Waals surface area contributed by atoms with Crippen molar-refractivity contribution in [3.63, 3.8) is 0 Å². The van der Waals surface area contributed by atoms with E-state index in [1.54, 1.807) is 13.0 Å². The summed E-state index contributed by atoms with van der Waals surface area (Å²) < 4.78 is 10.3. The number of rotatable bonds is 6. The Bertz CT molecular complexity index is 817. The molecule has 2 heterocycles. The Kier molecular flexibility index (Phi) is 4.48. The first-order chi connectivity index (χ1) is 11.2. The van der Waals surface area contributed by atoms with E-state index >= 15 is 0 Å². The third-order valence-electron chi connectivity index (χ3n) is 3.92. The van der Waals surface area contributed by atoms with Gasteiger partial charge in [-0.25, -0.2) is 4.79 Å². The summed E-state index contributed by atoms with van der Waals surface area (Å²) >= 11 is 0. The molecule has 0 unspecified atom stereocenters. The number of ether oxygens (including phenoxy) is 1. The zero-order chi connectivity index (χ0) is 16.2. The van der Waals surface area contributed by atoms with Crippen LogP contribution in [0.1, 0.15) is 27.4 Å². The standard InChI is InChI=1S/C18H20N2O3/c1-12-16(18(21)22-2)9-14(23-12)11-19-8-7-13-10-20-17-6-4-3-5-15(13)17/h3-6,9-10,19-20H,7-8,11H2,1-2H3. The second kappa shape index (κ2) is 6.71. The molecule has 120 valence electrons. The fourth-order valence-corrected chi connectivity index (χ4v) is 2.72. The number of methoxy groups -OCH3 is 1. The molecule has 0 saturated carbocycles. The number of para-hydroxylation sites is 1. The maximum atomic E-state index is 11.6. The Morgan fingerprint density at radius 2 is 2.17 bits per heavy atom. The van der Waals surface area contributed by atoms with Crippen LogP contribution in [-0.4, -0.2) is 24.6 Å². The summed E-state index contributed by atoms with van der Waals surface area (Å²) in [6, 6.07) is 10.0. The topological polar surface area (TPSA) is 67.3 Å². The molecule has 0 fully saturated rings. The first-order valence-electron chi connectivity index (χ1n) is 7.62. The first kappa shape index (κ1) is 15.4. The lowest BCUT2D eigenvalue weighted by molar-refractivity contribution is 0.0599. The highest BCUT2D eigenvalue weighted by atomic mass is 16.5. The maximum absolute atomic E-state index is 11.6. The van der Waals surface area contributed by atoms with Gasteiger partial charge in [-0.05, 0) is 37.6 Å². The van der Waals surface area contributed by atoms with E-state index in [2.05, 4.69) is 28.6 Å². The summed E-state index contributed by atoms with van der Waals surface area (Å²) in [7, 11) is 1.37. The predicted octanol–water partition coefficient (Wildman–Crippen LogP) is 3.19. The summed E-state index contributed by atoms with van der Waals surface area (Å²) in [6.45, 7) is 3.18. The molecule has 0 bridgehead atoms. The van der Waals surface area contributed by atoms with Crippen LogP contribution in [0.3, 0.4) is 0 Å². The molecule has 2 aromatic heterocycles. The van der Waals surface area contributed by atoms with Gasteiger partial charge >= 0.3 is 5.97 Å². The van der Waals surface area contributed by atoms with Crippen LogP contribution in [0.2, 0.25) is 0 Å². The summed E-state index contributed by atoms with van der Waals surface area (Å²) in [6.07, 6.45) is 2.98. The summed E-state index contributed by atoms with van der Waals surface area (Å²) in [4.78, 5) is 14.8. The van der Waals surface area contributed by atoms with Gasteiger partial charge < -0.3 is 19.5 Å². The normalized spacial score (nSPS) is 11.0. The average Bonchev–Trinajstić information content (AvgIpc) is 3.14. The molecule has 0 radical (unpaired) electrons. The van der Waals surface area contributed by atoms with Gasteiger partial charge in [-0.15, -0.1) is 0 Å². The largest absolute Gasteiger partial charge is 0.465 e. The van der Waals surface area contributed by atoms with Crippen LogP contribution >= 0.6 is 0 Å². The lowest BCUT2D eigenvalue weighted by Gasteiger charge is -2.02. The van der Waals surface area contributed by atoms with Crippen molar-refractivity contribution in [1.29, 1.82) is 0 Å². The minimum atomic E-state index is -0.365. The highest BCUT2D eigenvalue weighted by Gasteiger charge is 2.14. The van der Waals surface area contributed by atoms with Crippen LogP contribution in [0.15, 0.2) is 40.9 Å². The number of aromatic nitrogens is 1. The maximum Gasteiger partial charge on any atom is 0.341 e. The highest BCUT2D eigenvalue weighted by Crippen LogP contribution is 2.18. The Labute approximate surface area is 134 Å². The molecular weight excluding hydrogens is 292 g/mol. The molecule has 2 N–H and O–H groups in total. The van der Waals surface area contributed by atoms with Gasteiger partial charge in [0, 0.05) is 17.1 Å². The van der Waals surface area contributed by atoms with E-state index < -0.39 is 0 Å². The highest BCUT2D eigenvalue weighted by molar-refractivity contribution is 5.90. The van der Waals surface area contributed by atoms with Crippen molar-refractivity contribution in [3.8, 4) is 0 Å². The molecule has 0 aliphatic carbocycles. The van der Waals surface area contributed by atoms with E-state index in [-0.39, 0.29) is 5.97 Å². The number of H-pyrrole nitrogens is 1. The number of esters is 1. The van der Waals surface area contributed by atoms with Gasteiger partial charge in [0.2, 0.25) is 0 Å². The van der Waals surface area contributed by atoms with Crippen LogP contribution < -0.4 is 5.32 Å². The monoisotopic (exact) mass is 312 g/mol. The van der Waals surface area contributed by atoms with Gasteiger partial charge in [-0.1, -0.05) is 18.2 Å².